The van der Waals surface area contributed by atoms with E-state index in [1.165, 1.54) is 61.3 Å². The number of rotatable bonds is 6. The summed E-state index contributed by atoms with van der Waals surface area (Å²) in [5.41, 5.74) is 19.3. The fourth-order valence-corrected chi connectivity index (χ4v) is 10.3. The number of nitrogens with zero attached hydrogens (tertiary/aromatic N) is 3. The minimum Gasteiger partial charge on any atom is -0.437 e. The van der Waals surface area contributed by atoms with Gasteiger partial charge >= 0.3 is 0 Å². The lowest BCUT2D eigenvalue weighted by atomic mass is 9.77. The SMILES string of the molecule is C=C1CC2c3ccccc3-c3ccc(C)c[n+]3C2CCc2ccc3c(oc4nc(-c5c(C(C)C)cccc5C(C)C)ccc43)c2-c2cc(C)c(C(CC)CC)c[n+]21. The molecule has 3 aromatic carbocycles. The largest absolute Gasteiger partial charge is 0.437 e. The molecule has 9 rings (SSSR count). The number of aromatic nitrogens is 3. The van der Waals surface area contributed by atoms with Crippen LogP contribution in [0.1, 0.15) is 136 Å². The Bertz CT molecular complexity index is 2680. The van der Waals surface area contributed by atoms with Crippen LogP contribution in [0, 0.1) is 13.8 Å². The van der Waals surface area contributed by atoms with Crippen molar-refractivity contribution in [2.75, 3.05) is 0 Å². The van der Waals surface area contributed by atoms with Crippen molar-refractivity contribution in [1.82, 2.24) is 4.98 Å². The Kier molecular flexibility index (Phi) is 9.50. The van der Waals surface area contributed by atoms with Gasteiger partial charge in [0.15, 0.2) is 29.7 Å². The van der Waals surface area contributed by atoms with E-state index in [0.717, 1.165) is 65.5 Å². The lowest BCUT2D eigenvalue weighted by Crippen LogP contribution is -2.49. The molecule has 57 heavy (non-hydrogen) atoms. The first-order valence-corrected chi connectivity index (χ1v) is 21.4. The van der Waals surface area contributed by atoms with E-state index in [-0.39, 0.29) is 12.0 Å². The molecule has 4 aromatic heterocycles. The average molecular weight is 752 g/mol. The smallest absolute Gasteiger partial charge is 0.227 e. The fourth-order valence-electron chi connectivity index (χ4n) is 10.3. The van der Waals surface area contributed by atoms with Gasteiger partial charge in [0.1, 0.15) is 0 Å². The van der Waals surface area contributed by atoms with Crippen LogP contribution >= 0.6 is 0 Å². The van der Waals surface area contributed by atoms with Crippen molar-refractivity contribution in [2.45, 2.75) is 117 Å². The summed E-state index contributed by atoms with van der Waals surface area (Å²) in [6.45, 7) is 23.2. The van der Waals surface area contributed by atoms with Gasteiger partial charge in [0.05, 0.1) is 17.2 Å². The predicted octanol–water partition coefficient (Wildman–Crippen LogP) is 13.5. The van der Waals surface area contributed by atoms with Gasteiger partial charge in [-0.15, -0.1) is 0 Å². The molecule has 0 saturated heterocycles. The van der Waals surface area contributed by atoms with Crippen LogP contribution in [0.3, 0.4) is 0 Å². The molecule has 0 spiro atoms. The second-order valence-electron chi connectivity index (χ2n) is 17.5. The van der Waals surface area contributed by atoms with Crippen molar-refractivity contribution in [2.24, 2.45) is 0 Å². The van der Waals surface area contributed by atoms with Crippen LogP contribution in [0.25, 0.3) is 61.5 Å². The monoisotopic (exact) mass is 751 g/mol. The topological polar surface area (TPSA) is 33.8 Å². The highest BCUT2D eigenvalue weighted by Gasteiger charge is 2.43. The minimum atomic E-state index is 0.275. The van der Waals surface area contributed by atoms with E-state index in [4.69, 9.17) is 16.0 Å². The van der Waals surface area contributed by atoms with Crippen molar-refractivity contribution in [3.63, 3.8) is 0 Å². The average Bonchev–Trinajstić information content (AvgIpc) is 3.58. The molecule has 0 N–H and O–H groups in total. The van der Waals surface area contributed by atoms with Gasteiger partial charge in [-0.1, -0.05) is 90.1 Å². The van der Waals surface area contributed by atoms with Gasteiger partial charge in [-0.25, -0.2) is 4.98 Å². The normalized spacial score (nSPS) is 16.5. The van der Waals surface area contributed by atoms with Gasteiger partial charge in [-0.3, -0.25) is 0 Å². The Morgan fingerprint density at radius 1 is 0.772 bits per heavy atom. The molecule has 7 aromatic rings. The summed E-state index contributed by atoms with van der Waals surface area (Å²) in [6.07, 6.45) is 9.79. The summed E-state index contributed by atoms with van der Waals surface area (Å²) in [7, 11) is 0. The Hall–Kier alpha value is -5.35. The van der Waals surface area contributed by atoms with Crippen LogP contribution in [-0.2, 0) is 6.42 Å². The van der Waals surface area contributed by atoms with E-state index in [1.807, 2.05) is 0 Å². The van der Waals surface area contributed by atoms with E-state index in [2.05, 4.69) is 162 Å². The number of allylic oxidation sites excluding steroid dienone is 1. The fraction of sp³-hybridized carbons (Fsp3) is 0.340. The molecule has 0 radical (unpaired) electrons. The molecule has 288 valence electrons. The van der Waals surface area contributed by atoms with Crippen molar-refractivity contribution in [3.05, 3.63) is 143 Å². The highest BCUT2D eigenvalue weighted by molar-refractivity contribution is 6.09. The molecule has 2 atom stereocenters. The quantitative estimate of drug-likeness (QED) is 0.159. The molecular formula is C53H57N3O+2. The number of hydrogen-bond acceptors (Lipinski definition) is 2. The van der Waals surface area contributed by atoms with Crippen LogP contribution in [0.2, 0.25) is 0 Å². The second-order valence-corrected chi connectivity index (χ2v) is 17.5. The maximum absolute atomic E-state index is 7.10. The Morgan fingerprint density at radius 2 is 1.51 bits per heavy atom. The zero-order valence-corrected chi connectivity index (χ0v) is 35.1. The standard InChI is InChI=1S/C53H57N3O/c1-10-36(11-2)45-30-55-35(9)28-44-40-15-12-13-16-41(40)47-25-19-33(7)29-56(47)48(44)26-21-37-20-22-42-43-23-24-46(51-38(31(3)4)17-14-18-39(51)32(5)6)54-53(43)57-52(42)50(37)49(55)27-34(45)8/h12-20,22-25,27,29-32,36,44,48H,9-11,21,26,28H2,1-8H3/q+2. The molecule has 0 bridgehead atoms. The molecule has 4 nitrogen and oxygen atoms in total. The number of hydrogen-bond donors (Lipinski definition) is 0. The Morgan fingerprint density at radius 3 is 2.25 bits per heavy atom. The van der Waals surface area contributed by atoms with Gasteiger partial charge in [0, 0.05) is 58.0 Å². The third-order valence-electron chi connectivity index (χ3n) is 13.3. The van der Waals surface area contributed by atoms with Crippen molar-refractivity contribution in [1.29, 1.82) is 0 Å². The number of aryl methyl sites for hydroxylation is 3. The van der Waals surface area contributed by atoms with E-state index >= 15 is 0 Å². The molecular weight excluding hydrogens is 695 g/mol. The van der Waals surface area contributed by atoms with Crippen LogP contribution in [0.5, 0.6) is 0 Å². The van der Waals surface area contributed by atoms with Gasteiger partial charge < -0.3 is 4.42 Å². The summed E-state index contributed by atoms with van der Waals surface area (Å²) in [4.78, 5) is 5.36. The second kappa shape index (κ2) is 14.5. The Labute approximate surface area is 338 Å². The van der Waals surface area contributed by atoms with Gasteiger partial charge in [-0.05, 0) is 110 Å². The lowest BCUT2D eigenvalue weighted by molar-refractivity contribution is -0.719. The van der Waals surface area contributed by atoms with E-state index in [1.54, 1.807) is 0 Å². The lowest BCUT2D eigenvalue weighted by Gasteiger charge is -2.31. The van der Waals surface area contributed by atoms with Gasteiger partial charge in [0.25, 0.3) is 0 Å². The third kappa shape index (κ3) is 6.15. The first kappa shape index (κ1) is 37.2. The Balaban J connectivity index is 1.29. The molecule has 2 aliphatic rings. The summed E-state index contributed by atoms with van der Waals surface area (Å²) in [5, 5.41) is 2.17. The van der Waals surface area contributed by atoms with Crippen LogP contribution < -0.4 is 9.13 Å². The molecule has 2 unspecified atom stereocenters. The van der Waals surface area contributed by atoms with Crippen LogP contribution in [0.15, 0.2) is 108 Å². The van der Waals surface area contributed by atoms with Crippen molar-refractivity contribution in [3.8, 4) is 33.8 Å². The molecule has 6 heterocycles. The molecule has 2 aliphatic heterocycles. The van der Waals surface area contributed by atoms with Crippen molar-refractivity contribution < 1.29 is 13.6 Å². The van der Waals surface area contributed by atoms with Gasteiger partial charge in [0.2, 0.25) is 17.1 Å². The predicted molar refractivity (Wildman–Crippen MR) is 236 cm³/mol. The molecule has 4 heteroatoms. The minimum absolute atomic E-state index is 0.275. The third-order valence-corrected chi connectivity index (χ3v) is 13.3. The van der Waals surface area contributed by atoms with Crippen LogP contribution in [-0.4, -0.2) is 4.98 Å². The van der Waals surface area contributed by atoms with Gasteiger partial charge in [-0.2, -0.15) is 9.13 Å². The number of furan rings is 1. The van der Waals surface area contributed by atoms with E-state index < -0.39 is 0 Å². The maximum atomic E-state index is 7.10. The van der Waals surface area contributed by atoms with Crippen LogP contribution in [0.4, 0.5) is 0 Å². The molecule has 0 fully saturated rings. The summed E-state index contributed by atoms with van der Waals surface area (Å²) in [5.74, 6) is 1.52. The zero-order valence-electron chi connectivity index (χ0n) is 35.1. The first-order chi connectivity index (χ1) is 27.6. The summed E-state index contributed by atoms with van der Waals surface area (Å²) >= 11 is 0. The highest BCUT2D eigenvalue weighted by atomic mass is 16.3. The van der Waals surface area contributed by atoms with E-state index in [9.17, 15) is 0 Å². The molecule has 0 aliphatic carbocycles. The molecule has 0 saturated carbocycles. The van der Waals surface area contributed by atoms with E-state index in [0.29, 0.717) is 23.5 Å². The highest BCUT2D eigenvalue weighted by Crippen LogP contribution is 2.46. The summed E-state index contributed by atoms with van der Waals surface area (Å²) < 4.78 is 12.1. The number of fused-ring (bicyclic) bond motifs is 13. The maximum Gasteiger partial charge on any atom is 0.227 e. The summed E-state index contributed by atoms with van der Waals surface area (Å²) in [6, 6.07) is 32.2. The number of benzene rings is 3. The first-order valence-electron chi connectivity index (χ1n) is 21.4. The zero-order chi connectivity index (χ0) is 39.7. The number of pyridine rings is 3. The van der Waals surface area contributed by atoms with Crippen molar-refractivity contribution >= 4 is 27.8 Å². The molecule has 0 amide bonds.